The van der Waals surface area contributed by atoms with Gasteiger partial charge in [0.1, 0.15) is 5.52 Å². The number of nitrogens with one attached hydrogen (secondary N) is 1. The van der Waals surface area contributed by atoms with Crippen molar-refractivity contribution in [1.82, 2.24) is 19.9 Å². The summed E-state index contributed by atoms with van der Waals surface area (Å²) in [4.78, 5) is 18.1. The Labute approximate surface area is 117 Å². The van der Waals surface area contributed by atoms with Crippen LogP contribution < -0.4 is 4.90 Å². The molecule has 2 heterocycles. The molecule has 20 heavy (non-hydrogen) atoms. The number of rotatable bonds is 5. The highest BCUT2D eigenvalue weighted by molar-refractivity contribution is 5.69. The summed E-state index contributed by atoms with van der Waals surface area (Å²) in [7, 11) is 0. The summed E-state index contributed by atoms with van der Waals surface area (Å²) >= 11 is 0. The Kier molecular flexibility index (Phi) is 3.41. The van der Waals surface area contributed by atoms with Crippen LogP contribution in [0.2, 0.25) is 0 Å². The molecule has 0 unspecified atom stereocenters. The minimum Gasteiger partial charge on any atom is -0.342 e. The molecule has 0 fully saturated rings. The zero-order valence-corrected chi connectivity index (χ0v) is 11.0. The largest absolute Gasteiger partial charge is 0.342 e. The molecule has 5 nitrogen and oxygen atoms in total. The number of aromatic nitrogens is 4. The number of anilines is 1. The van der Waals surface area contributed by atoms with Crippen LogP contribution in [0.4, 0.5) is 5.95 Å². The van der Waals surface area contributed by atoms with Crippen molar-refractivity contribution in [2.24, 2.45) is 0 Å². The molecule has 1 N–H and O–H groups in total. The lowest BCUT2D eigenvalue weighted by Gasteiger charge is -2.20. The van der Waals surface area contributed by atoms with Gasteiger partial charge < -0.3 is 9.88 Å². The minimum absolute atomic E-state index is 0.661. The number of nitrogens with zero attached hydrogens (tertiary/aromatic N) is 4. The van der Waals surface area contributed by atoms with Gasteiger partial charge in [-0.15, -0.1) is 6.58 Å². The molecule has 2 aromatic heterocycles. The number of benzene rings is 1. The van der Waals surface area contributed by atoms with E-state index >= 15 is 0 Å². The zero-order valence-electron chi connectivity index (χ0n) is 11.0. The molecule has 5 heteroatoms. The monoisotopic (exact) mass is 265 g/mol. The van der Waals surface area contributed by atoms with Gasteiger partial charge in [0.25, 0.3) is 0 Å². The molecule has 100 valence electrons. The quantitative estimate of drug-likeness (QED) is 0.720. The summed E-state index contributed by atoms with van der Waals surface area (Å²) in [6, 6.07) is 10.2. The molecule has 0 saturated heterocycles. The fourth-order valence-electron chi connectivity index (χ4n) is 2.06. The van der Waals surface area contributed by atoms with E-state index < -0.39 is 0 Å². The van der Waals surface area contributed by atoms with Crippen LogP contribution in [0, 0.1) is 0 Å². The molecule has 0 radical (unpaired) electrons. The topological polar surface area (TPSA) is 57.7 Å². The molecule has 1 aromatic carbocycles. The first kappa shape index (κ1) is 12.3. The maximum atomic E-state index is 4.48. The molecule has 0 aliphatic rings. The van der Waals surface area contributed by atoms with Crippen molar-refractivity contribution in [3.8, 4) is 0 Å². The van der Waals surface area contributed by atoms with Crippen LogP contribution in [0.1, 0.15) is 5.56 Å². The van der Waals surface area contributed by atoms with Crippen LogP contribution in [0.25, 0.3) is 11.2 Å². The molecule has 0 saturated carbocycles. The van der Waals surface area contributed by atoms with Crippen molar-refractivity contribution in [2.45, 2.75) is 6.54 Å². The van der Waals surface area contributed by atoms with Gasteiger partial charge in [-0.25, -0.2) is 9.97 Å². The third kappa shape index (κ3) is 2.51. The average Bonchev–Trinajstić information content (AvgIpc) is 2.95. The van der Waals surface area contributed by atoms with Gasteiger partial charge in [0.05, 0.1) is 12.5 Å². The van der Waals surface area contributed by atoms with E-state index in [1.54, 1.807) is 12.5 Å². The lowest BCUT2D eigenvalue weighted by atomic mass is 10.2. The van der Waals surface area contributed by atoms with Crippen molar-refractivity contribution in [1.29, 1.82) is 0 Å². The molecule has 0 spiro atoms. The van der Waals surface area contributed by atoms with Crippen molar-refractivity contribution in [3.05, 3.63) is 61.1 Å². The van der Waals surface area contributed by atoms with E-state index in [4.69, 9.17) is 0 Å². The fourth-order valence-corrected chi connectivity index (χ4v) is 2.06. The summed E-state index contributed by atoms with van der Waals surface area (Å²) < 4.78 is 0. The number of H-pyrrole nitrogens is 1. The van der Waals surface area contributed by atoms with Gasteiger partial charge >= 0.3 is 0 Å². The number of fused-ring (bicyclic) bond motifs is 1. The van der Waals surface area contributed by atoms with E-state index in [2.05, 4.69) is 43.5 Å². The average molecular weight is 265 g/mol. The van der Waals surface area contributed by atoms with Crippen molar-refractivity contribution < 1.29 is 0 Å². The first-order valence-corrected chi connectivity index (χ1v) is 6.42. The summed E-state index contributed by atoms with van der Waals surface area (Å²) in [5.41, 5.74) is 2.73. The van der Waals surface area contributed by atoms with Crippen LogP contribution >= 0.6 is 0 Å². The SMILES string of the molecule is C=CCN(Cc1ccccc1)c1ncc2[nH]cnc2n1. The standard InChI is InChI=1S/C15H15N5/c1-2-8-20(10-12-6-4-3-5-7-12)15-16-9-13-14(19-15)18-11-17-13/h2-7,9,11H,1,8,10H2,(H,16,17,18,19). The van der Waals surface area contributed by atoms with E-state index in [0.717, 1.165) is 12.1 Å². The second-order valence-electron chi connectivity index (χ2n) is 4.46. The number of imidazole rings is 1. The Morgan fingerprint density at radius 2 is 2.05 bits per heavy atom. The zero-order chi connectivity index (χ0) is 13.8. The Morgan fingerprint density at radius 1 is 1.20 bits per heavy atom. The van der Waals surface area contributed by atoms with Gasteiger partial charge in [0, 0.05) is 13.1 Å². The molecule has 3 rings (SSSR count). The highest BCUT2D eigenvalue weighted by Crippen LogP contribution is 2.14. The van der Waals surface area contributed by atoms with Crippen molar-refractivity contribution in [3.63, 3.8) is 0 Å². The fraction of sp³-hybridized carbons (Fsp3) is 0.133. The minimum atomic E-state index is 0.661. The normalized spacial score (nSPS) is 10.6. The lowest BCUT2D eigenvalue weighted by molar-refractivity contribution is 0.825. The van der Waals surface area contributed by atoms with E-state index in [9.17, 15) is 0 Å². The summed E-state index contributed by atoms with van der Waals surface area (Å²) in [5.74, 6) is 0.661. The van der Waals surface area contributed by atoms with Crippen molar-refractivity contribution >= 4 is 17.1 Å². The van der Waals surface area contributed by atoms with Crippen LogP contribution in [0.3, 0.4) is 0 Å². The first-order valence-electron chi connectivity index (χ1n) is 6.42. The van der Waals surface area contributed by atoms with Gasteiger partial charge in [-0.1, -0.05) is 36.4 Å². The Morgan fingerprint density at radius 3 is 2.85 bits per heavy atom. The smallest absolute Gasteiger partial charge is 0.228 e. The maximum absolute atomic E-state index is 4.48. The van der Waals surface area contributed by atoms with Gasteiger partial charge in [0.2, 0.25) is 5.95 Å². The van der Waals surface area contributed by atoms with E-state index in [0.29, 0.717) is 18.1 Å². The molecular formula is C15H15N5. The van der Waals surface area contributed by atoms with Crippen molar-refractivity contribution in [2.75, 3.05) is 11.4 Å². The molecular weight excluding hydrogens is 250 g/mol. The third-order valence-corrected chi connectivity index (χ3v) is 3.01. The Bertz CT molecular complexity index is 704. The molecule has 3 aromatic rings. The first-order chi connectivity index (χ1) is 9.86. The van der Waals surface area contributed by atoms with Gasteiger partial charge in [-0.05, 0) is 5.56 Å². The molecule has 0 atom stereocenters. The highest BCUT2D eigenvalue weighted by Gasteiger charge is 2.10. The van der Waals surface area contributed by atoms with E-state index in [1.807, 2.05) is 24.3 Å². The molecule has 0 bridgehead atoms. The Balaban J connectivity index is 1.90. The molecule has 0 amide bonds. The number of aromatic amines is 1. The Hall–Kier alpha value is -2.69. The molecule has 0 aliphatic carbocycles. The number of hydrogen-bond donors (Lipinski definition) is 1. The second kappa shape index (κ2) is 5.52. The highest BCUT2D eigenvalue weighted by atomic mass is 15.3. The van der Waals surface area contributed by atoms with Crippen LogP contribution in [-0.2, 0) is 6.54 Å². The van der Waals surface area contributed by atoms with Crippen LogP contribution in [0.5, 0.6) is 0 Å². The predicted molar refractivity (Wildman–Crippen MR) is 79.4 cm³/mol. The third-order valence-electron chi connectivity index (χ3n) is 3.01. The molecule has 0 aliphatic heterocycles. The summed E-state index contributed by atoms with van der Waals surface area (Å²) in [6.45, 7) is 5.23. The van der Waals surface area contributed by atoms with E-state index in [-0.39, 0.29) is 0 Å². The van der Waals surface area contributed by atoms with Crippen LogP contribution in [-0.4, -0.2) is 26.5 Å². The van der Waals surface area contributed by atoms with Gasteiger partial charge in [0.15, 0.2) is 5.65 Å². The summed E-state index contributed by atoms with van der Waals surface area (Å²) in [6.07, 6.45) is 5.23. The number of hydrogen-bond acceptors (Lipinski definition) is 4. The summed E-state index contributed by atoms with van der Waals surface area (Å²) in [5, 5.41) is 0. The lowest BCUT2D eigenvalue weighted by Crippen LogP contribution is -2.24. The predicted octanol–water partition coefficient (Wildman–Crippen LogP) is 2.55. The van der Waals surface area contributed by atoms with Gasteiger partial charge in [-0.2, -0.15) is 4.98 Å². The second-order valence-corrected chi connectivity index (χ2v) is 4.46. The van der Waals surface area contributed by atoms with E-state index in [1.165, 1.54) is 5.56 Å². The van der Waals surface area contributed by atoms with Gasteiger partial charge in [-0.3, -0.25) is 0 Å². The maximum Gasteiger partial charge on any atom is 0.228 e. The van der Waals surface area contributed by atoms with Crippen LogP contribution in [0.15, 0.2) is 55.5 Å².